The van der Waals surface area contributed by atoms with E-state index in [2.05, 4.69) is 15.1 Å². The van der Waals surface area contributed by atoms with E-state index in [1.54, 1.807) is 4.68 Å². The first-order valence-corrected chi connectivity index (χ1v) is 12.6. The van der Waals surface area contributed by atoms with Crippen molar-refractivity contribution in [3.8, 4) is 0 Å². The highest BCUT2D eigenvalue weighted by molar-refractivity contribution is 7.87. The van der Waals surface area contributed by atoms with E-state index in [1.807, 2.05) is 20.2 Å². The summed E-state index contributed by atoms with van der Waals surface area (Å²) in [6, 6.07) is -1.16. The second-order valence-corrected chi connectivity index (χ2v) is 12.2. The number of carbonyl (C=O) groups excluding carboxylic acids is 1. The van der Waals surface area contributed by atoms with E-state index in [9.17, 15) is 13.2 Å². The number of likely N-dealkylation sites (N-methyl/N-ethyl adjacent to an activating group) is 1. The Balaban J connectivity index is 1.31. The van der Waals surface area contributed by atoms with Crippen molar-refractivity contribution in [3.63, 3.8) is 0 Å². The molecule has 0 aromatic carbocycles. The molecule has 2 N–H and O–H groups in total. The minimum atomic E-state index is -3.74. The van der Waals surface area contributed by atoms with Crippen molar-refractivity contribution in [3.05, 3.63) is 17.5 Å². The summed E-state index contributed by atoms with van der Waals surface area (Å²) in [6.07, 6.45) is 10.00. The molecule has 1 aromatic rings. The molecule has 6 rings (SSSR count). The summed E-state index contributed by atoms with van der Waals surface area (Å²) in [4.78, 5) is 13.2. The average molecular weight is 436 g/mol. The van der Waals surface area contributed by atoms with Crippen molar-refractivity contribution in [1.82, 2.24) is 24.1 Å². The lowest BCUT2D eigenvalue weighted by Crippen LogP contribution is -2.58. The molecule has 5 aliphatic rings. The molecular weight excluding hydrogens is 402 g/mol. The Morgan fingerprint density at radius 3 is 2.30 bits per heavy atom. The zero-order chi connectivity index (χ0) is 21.3. The summed E-state index contributed by atoms with van der Waals surface area (Å²) in [5.41, 5.74) is 1.84. The van der Waals surface area contributed by atoms with Crippen molar-refractivity contribution in [2.75, 3.05) is 13.6 Å². The number of hydrogen-bond acceptors (Lipinski definition) is 4. The summed E-state index contributed by atoms with van der Waals surface area (Å²) >= 11 is 0. The summed E-state index contributed by atoms with van der Waals surface area (Å²) in [5, 5.41) is 7.51. The maximum absolute atomic E-state index is 13.2. The second-order valence-electron chi connectivity index (χ2n) is 10.4. The van der Waals surface area contributed by atoms with Crippen LogP contribution < -0.4 is 10.0 Å². The van der Waals surface area contributed by atoms with Crippen LogP contribution in [0.2, 0.25) is 0 Å². The maximum Gasteiger partial charge on any atom is 0.280 e. The molecular formula is C21H33N5O3S. The minimum absolute atomic E-state index is 0.176. The minimum Gasteiger partial charge on any atom is -0.354 e. The first-order valence-electron chi connectivity index (χ1n) is 11.2. The lowest BCUT2D eigenvalue weighted by Gasteiger charge is -2.57. The van der Waals surface area contributed by atoms with Gasteiger partial charge in [-0.25, -0.2) is 0 Å². The van der Waals surface area contributed by atoms with Gasteiger partial charge in [0.2, 0.25) is 5.91 Å². The topological polar surface area (TPSA) is 96.3 Å². The van der Waals surface area contributed by atoms with E-state index in [0.717, 1.165) is 29.0 Å². The van der Waals surface area contributed by atoms with Crippen LogP contribution in [0.3, 0.4) is 0 Å². The third-order valence-electron chi connectivity index (χ3n) is 8.10. The van der Waals surface area contributed by atoms with Gasteiger partial charge in [-0.2, -0.15) is 22.5 Å². The Morgan fingerprint density at radius 2 is 1.77 bits per heavy atom. The lowest BCUT2D eigenvalue weighted by atomic mass is 9.49. The Hall–Kier alpha value is -1.45. The van der Waals surface area contributed by atoms with E-state index in [-0.39, 0.29) is 11.3 Å². The van der Waals surface area contributed by atoms with Gasteiger partial charge in [-0.3, -0.25) is 9.48 Å². The Labute approximate surface area is 179 Å². The molecule has 1 aromatic heterocycles. The average Bonchev–Trinajstić information content (AvgIpc) is 2.99. The van der Waals surface area contributed by atoms with Gasteiger partial charge in [0.1, 0.15) is 6.04 Å². The van der Waals surface area contributed by atoms with Crippen molar-refractivity contribution in [1.29, 1.82) is 0 Å². The van der Waals surface area contributed by atoms with E-state index >= 15 is 0 Å². The fourth-order valence-corrected chi connectivity index (χ4v) is 8.44. The number of rotatable bonds is 4. The predicted octanol–water partition coefficient (Wildman–Crippen LogP) is 1.64. The molecule has 166 valence electrons. The number of nitrogens with one attached hydrogen (secondary N) is 2. The highest BCUT2D eigenvalue weighted by Crippen LogP contribution is 2.59. The van der Waals surface area contributed by atoms with Gasteiger partial charge < -0.3 is 5.32 Å². The maximum atomic E-state index is 13.2. The van der Waals surface area contributed by atoms with E-state index in [4.69, 9.17) is 0 Å². The Morgan fingerprint density at radius 1 is 1.17 bits per heavy atom. The molecule has 4 saturated carbocycles. The third kappa shape index (κ3) is 3.48. The van der Waals surface area contributed by atoms with Crippen LogP contribution in [0.4, 0.5) is 0 Å². The van der Waals surface area contributed by atoms with E-state index in [1.165, 1.54) is 49.9 Å². The molecule has 9 heteroatoms. The standard InChI is InChI=1S/C21H33N5O3S/c1-13-17(11-25(2)23-13)18-7-19(26(3)30(28,29)24-18)20(27)22-12-21-8-14-4-15(9-21)6-16(5-14)10-21/h11,14-16,18-19,24H,4-10,12H2,1-3H3,(H,22,27)/t14?,15?,16?,18-,19+,21?/m1/s1. The van der Waals surface area contributed by atoms with Crippen molar-refractivity contribution < 1.29 is 13.2 Å². The van der Waals surface area contributed by atoms with E-state index in [0.29, 0.717) is 13.0 Å². The normalized spacial score (nSPS) is 39.9. The largest absolute Gasteiger partial charge is 0.354 e. The third-order valence-corrected chi connectivity index (χ3v) is 9.70. The van der Waals surface area contributed by atoms with Crippen LogP contribution in [0, 0.1) is 30.1 Å². The zero-order valence-electron chi connectivity index (χ0n) is 18.1. The van der Waals surface area contributed by atoms with Crippen LogP contribution in [0.5, 0.6) is 0 Å². The summed E-state index contributed by atoms with van der Waals surface area (Å²) in [6.45, 7) is 2.55. The highest BCUT2D eigenvalue weighted by Gasteiger charge is 2.51. The number of nitrogens with zero attached hydrogens (tertiary/aromatic N) is 3. The van der Waals surface area contributed by atoms with Crippen LogP contribution in [0.15, 0.2) is 6.20 Å². The van der Waals surface area contributed by atoms with Gasteiger partial charge >= 0.3 is 0 Å². The first-order chi connectivity index (χ1) is 14.1. The Kier molecular flexibility index (Phi) is 4.79. The number of hydrogen-bond donors (Lipinski definition) is 2. The fourth-order valence-electron chi connectivity index (χ4n) is 7.17. The Bertz CT molecular complexity index is 921. The number of aromatic nitrogens is 2. The summed E-state index contributed by atoms with van der Waals surface area (Å²) in [5.74, 6) is 2.30. The quantitative estimate of drug-likeness (QED) is 0.751. The van der Waals surface area contributed by atoms with Crippen LogP contribution in [-0.4, -0.2) is 48.0 Å². The molecule has 1 saturated heterocycles. The molecule has 8 nitrogen and oxygen atoms in total. The molecule has 1 amide bonds. The first kappa shape index (κ1) is 20.5. The fraction of sp³-hybridized carbons (Fsp3) is 0.810. The number of amides is 1. The van der Waals surface area contributed by atoms with Gasteiger partial charge in [0.05, 0.1) is 11.7 Å². The van der Waals surface area contributed by atoms with Gasteiger partial charge in [-0.05, 0) is 75.0 Å². The smallest absolute Gasteiger partial charge is 0.280 e. The van der Waals surface area contributed by atoms with Gasteiger partial charge in [-0.1, -0.05) is 0 Å². The predicted molar refractivity (Wildman–Crippen MR) is 113 cm³/mol. The molecule has 2 atom stereocenters. The molecule has 30 heavy (non-hydrogen) atoms. The van der Waals surface area contributed by atoms with Gasteiger partial charge in [-0.15, -0.1) is 0 Å². The monoisotopic (exact) mass is 435 g/mol. The second kappa shape index (κ2) is 7.03. The molecule has 0 unspecified atom stereocenters. The number of aryl methyl sites for hydroxylation is 2. The van der Waals surface area contributed by atoms with E-state index < -0.39 is 22.3 Å². The van der Waals surface area contributed by atoms with Crippen LogP contribution in [0.25, 0.3) is 0 Å². The van der Waals surface area contributed by atoms with Gasteiger partial charge in [0.25, 0.3) is 10.2 Å². The molecule has 5 fully saturated rings. The van der Waals surface area contributed by atoms with Crippen molar-refractivity contribution in [2.45, 2.75) is 64.0 Å². The molecule has 0 spiro atoms. The molecule has 4 aliphatic carbocycles. The van der Waals surface area contributed by atoms with Gasteiger partial charge in [0.15, 0.2) is 0 Å². The molecule has 2 heterocycles. The van der Waals surface area contributed by atoms with Gasteiger partial charge in [0, 0.05) is 32.4 Å². The van der Waals surface area contributed by atoms with Crippen molar-refractivity contribution >= 4 is 16.1 Å². The molecule has 1 aliphatic heterocycles. The van der Waals surface area contributed by atoms with Crippen molar-refractivity contribution in [2.24, 2.45) is 30.2 Å². The lowest BCUT2D eigenvalue weighted by molar-refractivity contribution is -0.127. The SMILES string of the molecule is Cc1nn(C)cc1[C@H]1C[C@@H](C(=O)NCC23CC4CC(CC(C4)C2)C3)N(C)S(=O)(=O)N1. The van der Waals surface area contributed by atoms with Crippen LogP contribution >= 0.6 is 0 Å². The van der Waals surface area contributed by atoms with Crippen LogP contribution in [0.1, 0.15) is 62.2 Å². The molecule has 0 radical (unpaired) electrons. The summed E-state index contributed by atoms with van der Waals surface area (Å²) in [7, 11) is -0.433. The number of carbonyl (C=O) groups is 1. The molecule has 4 bridgehead atoms. The highest BCUT2D eigenvalue weighted by atomic mass is 32.2. The van der Waals surface area contributed by atoms with Crippen LogP contribution in [-0.2, 0) is 22.1 Å². The summed E-state index contributed by atoms with van der Waals surface area (Å²) < 4.78 is 31.0. The zero-order valence-corrected chi connectivity index (χ0v) is 18.9.